The fourth-order valence-electron chi connectivity index (χ4n) is 0.716. The van der Waals surface area contributed by atoms with Gasteiger partial charge in [-0.05, 0) is 12.0 Å². The van der Waals surface area contributed by atoms with Crippen LogP contribution in [0.4, 0.5) is 0 Å². The molecule has 0 aliphatic rings. The van der Waals surface area contributed by atoms with Crippen LogP contribution in [0.25, 0.3) is 10.4 Å². The first-order valence-electron chi connectivity index (χ1n) is 4.08. The van der Waals surface area contributed by atoms with Crippen molar-refractivity contribution >= 4 is 5.91 Å². The molecule has 0 rings (SSSR count). The average molecular weight is 170 g/mol. The van der Waals surface area contributed by atoms with E-state index in [1.165, 1.54) is 0 Å². The van der Waals surface area contributed by atoms with Crippen LogP contribution in [0.5, 0.6) is 0 Å². The Bertz CT molecular complexity index is 174. The van der Waals surface area contributed by atoms with Crippen molar-refractivity contribution in [3.63, 3.8) is 0 Å². The highest BCUT2D eigenvalue weighted by atomic mass is 16.1. The Morgan fingerprint density at radius 3 is 3.00 bits per heavy atom. The van der Waals surface area contributed by atoms with Gasteiger partial charge >= 0.3 is 0 Å². The third-order valence-corrected chi connectivity index (χ3v) is 1.35. The van der Waals surface area contributed by atoms with Gasteiger partial charge < -0.3 is 5.32 Å². The molecule has 0 radical (unpaired) electrons. The van der Waals surface area contributed by atoms with Crippen LogP contribution >= 0.6 is 0 Å². The minimum absolute atomic E-state index is 0.0324. The largest absolute Gasteiger partial charge is 0.356 e. The van der Waals surface area contributed by atoms with Crippen molar-refractivity contribution in [3.05, 3.63) is 10.4 Å². The molecular weight excluding hydrogens is 156 g/mol. The number of rotatable bonds is 6. The summed E-state index contributed by atoms with van der Waals surface area (Å²) in [5.74, 6) is 0.0324. The SMILES string of the molecule is CCCCC(=O)NCCN=[N+]=[N-]. The topological polar surface area (TPSA) is 77.9 Å². The van der Waals surface area contributed by atoms with Gasteiger partial charge in [0.15, 0.2) is 0 Å². The number of carbonyl (C=O) groups excluding carboxylic acids is 1. The molecule has 1 amide bonds. The van der Waals surface area contributed by atoms with E-state index in [0.717, 1.165) is 12.8 Å². The lowest BCUT2D eigenvalue weighted by Gasteiger charge is -2.00. The molecule has 0 spiro atoms. The van der Waals surface area contributed by atoms with Crippen molar-refractivity contribution < 1.29 is 4.79 Å². The molecule has 68 valence electrons. The minimum atomic E-state index is 0.0324. The Morgan fingerprint density at radius 1 is 1.67 bits per heavy atom. The summed E-state index contributed by atoms with van der Waals surface area (Å²) in [5.41, 5.74) is 7.92. The molecule has 0 aromatic heterocycles. The molecule has 0 heterocycles. The average Bonchev–Trinajstić information content (AvgIpc) is 2.09. The Morgan fingerprint density at radius 2 is 2.42 bits per heavy atom. The molecule has 0 aromatic rings. The van der Waals surface area contributed by atoms with Gasteiger partial charge in [0, 0.05) is 24.4 Å². The maximum absolute atomic E-state index is 10.9. The molecule has 0 aliphatic carbocycles. The number of amides is 1. The van der Waals surface area contributed by atoms with Crippen molar-refractivity contribution in [3.8, 4) is 0 Å². The van der Waals surface area contributed by atoms with E-state index >= 15 is 0 Å². The van der Waals surface area contributed by atoms with E-state index in [1.54, 1.807) is 0 Å². The van der Waals surface area contributed by atoms with Gasteiger partial charge in [-0.2, -0.15) is 0 Å². The zero-order valence-corrected chi connectivity index (χ0v) is 7.29. The molecule has 5 heteroatoms. The van der Waals surface area contributed by atoms with Crippen LogP contribution < -0.4 is 5.32 Å². The maximum atomic E-state index is 10.9. The van der Waals surface area contributed by atoms with Crippen LogP contribution in [0, 0.1) is 0 Å². The van der Waals surface area contributed by atoms with Gasteiger partial charge in [0.1, 0.15) is 0 Å². The first-order valence-corrected chi connectivity index (χ1v) is 4.08. The summed E-state index contributed by atoms with van der Waals surface area (Å²) in [6.07, 6.45) is 2.49. The molecule has 0 atom stereocenters. The molecule has 5 nitrogen and oxygen atoms in total. The van der Waals surface area contributed by atoms with Crippen LogP contribution in [-0.4, -0.2) is 19.0 Å². The monoisotopic (exact) mass is 170 g/mol. The fraction of sp³-hybridized carbons (Fsp3) is 0.857. The van der Waals surface area contributed by atoms with Gasteiger partial charge in [-0.3, -0.25) is 4.79 Å². The van der Waals surface area contributed by atoms with Crippen molar-refractivity contribution in [2.75, 3.05) is 13.1 Å². The Hall–Kier alpha value is -1.22. The number of carbonyl (C=O) groups is 1. The molecule has 0 unspecified atom stereocenters. The van der Waals surface area contributed by atoms with E-state index in [4.69, 9.17) is 5.53 Å². The molecule has 0 saturated heterocycles. The highest BCUT2D eigenvalue weighted by Gasteiger charge is 1.97. The van der Waals surface area contributed by atoms with E-state index in [0.29, 0.717) is 19.5 Å². The molecule has 0 aromatic carbocycles. The van der Waals surface area contributed by atoms with E-state index < -0.39 is 0 Å². The highest BCUT2D eigenvalue weighted by molar-refractivity contribution is 5.75. The lowest BCUT2D eigenvalue weighted by Crippen LogP contribution is -2.25. The van der Waals surface area contributed by atoms with Gasteiger partial charge in [-0.15, -0.1) is 0 Å². The lowest BCUT2D eigenvalue weighted by atomic mass is 10.2. The van der Waals surface area contributed by atoms with Crippen molar-refractivity contribution in [1.82, 2.24) is 5.32 Å². The van der Waals surface area contributed by atoms with E-state index in [9.17, 15) is 4.79 Å². The maximum Gasteiger partial charge on any atom is 0.219 e. The molecule has 0 saturated carbocycles. The van der Waals surface area contributed by atoms with Crippen molar-refractivity contribution in [1.29, 1.82) is 0 Å². The van der Waals surface area contributed by atoms with E-state index in [1.807, 2.05) is 6.92 Å². The number of hydrogen-bond acceptors (Lipinski definition) is 2. The summed E-state index contributed by atoms with van der Waals surface area (Å²) in [5, 5.41) is 5.94. The predicted molar refractivity (Wildman–Crippen MR) is 46.5 cm³/mol. The molecular formula is C7H14N4O. The number of nitrogens with zero attached hydrogens (tertiary/aromatic N) is 3. The quantitative estimate of drug-likeness (QED) is 0.279. The third-order valence-electron chi connectivity index (χ3n) is 1.35. The highest BCUT2D eigenvalue weighted by Crippen LogP contribution is 1.92. The Labute approximate surface area is 71.8 Å². The second-order valence-corrected chi connectivity index (χ2v) is 2.41. The Kier molecular flexibility index (Phi) is 7.08. The summed E-state index contributed by atoms with van der Waals surface area (Å²) in [7, 11) is 0. The first kappa shape index (κ1) is 10.8. The van der Waals surface area contributed by atoms with Crippen molar-refractivity contribution in [2.45, 2.75) is 26.2 Å². The van der Waals surface area contributed by atoms with Gasteiger partial charge in [-0.25, -0.2) is 0 Å². The molecule has 0 aliphatic heterocycles. The standard InChI is InChI=1S/C7H14N4O/c1-2-3-4-7(12)9-5-6-10-11-8/h2-6H2,1H3,(H,9,12). The zero-order valence-electron chi connectivity index (χ0n) is 7.29. The van der Waals surface area contributed by atoms with Crippen LogP contribution in [0.1, 0.15) is 26.2 Å². The van der Waals surface area contributed by atoms with Gasteiger partial charge in [0.05, 0.1) is 0 Å². The first-order chi connectivity index (χ1) is 5.81. The smallest absolute Gasteiger partial charge is 0.219 e. The van der Waals surface area contributed by atoms with Crippen LogP contribution in [-0.2, 0) is 4.79 Å². The number of nitrogens with one attached hydrogen (secondary N) is 1. The second kappa shape index (κ2) is 7.88. The summed E-state index contributed by atoms with van der Waals surface area (Å²) in [6, 6.07) is 0. The second-order valence-electron chi connectivity index (χ2n) is 2.41. The van der Waals surface area contributed by atoms with E-state index in [-0.39, 0.29) is 5.91 Å². The number of unbranched alkanes of at least 4 members (excludes halogenated alkanes) is 1. The van der Waals surface area contributed by atoms with Gasteiger partial charge in [0.2, 0.25) is 5.91 Å². The summed E-state index contributed by atoms with van der Waals surface area (Å²) < 4.78 is 0. The Balaban J connectivity index is 3.25. The summed E-state index contributed by atoms with van der Waals surface area (Å²) in [4.78, 5) is 13.5. The normalized spacial score (nSPS) is 8.75. The predicted octanol–water partition coefficient (Wildman–Crippen LogP) is 1.60. The number of hydrogen-bond donors (Lipinski definition) is 1. The van der Waals surface area contributed by atoms with Crippen LogP contribution in [0.3, 0.4) is 0 Å². The summed E-state index contributed by atoms with van der Waals surface area (Å²) in [6.45, 7) is 2.80. The van der Waals surface area contributed by atoms with E-state index in [2.05, 4.69) is 15.3 Å². The number of azide groups is 1. The third kappa shape index (κ3) is 6.89. The zero-order chi connectivity index (χ0) is 9.23. The molecule has 0 bridgehead atoms. The van der Waals surface area contributed by atoms with Gasteiger partial charge in [-0.1, -0.05) is 18.5 Å². The summed E-state index contributed by atoms with van der Waals surface area (Å²) >= 11 is 0. The molecule has 0 fully saturated rings. The molecule has 1 N–H and O–H groups in total. The van der Waals surface area contributed by atoms with Crippen LogP contribution in [0.15, 0.2) is 5.11 Å². The van der Waals surface area contributed by atoms with Crippen molar-refractivity contribution in [2.24, 2.45) is 5.11 Å². The van der Waals surface area contributed by atoms with Gasteiger partial charge in [0.25, 0.3) is 0 Å². The molecule has 12 heavy (non-hydrogen) atoms. The lowest BCUT2D eigenvalue weighted by molar-refractivity contribution is -0.121. The fourth-order valence-corrected chi connectivity index (χ4v) is 0.716. The van der Waals surface area contributed by atoms with Crippen LogP contribution in [0.2, 0.25) is 0 Å². The minimum Gasteiger partial charge on any atom is -0.356 e.